The molecule has 0 aliphatic carbocycles. The van der Waals surface area contributed by atoms with Crippen molar-refractivity contribution in [2.45, 2.75) is 32.4 Å². The molecule has 5 nitrogen and oxygen atoms in total. The van der Waals surface area contributed by atoms with Gasteiger partial charge in [0.15, 0.2) is 0 Å². The molecule has 7 heteroatoms. The molecular weight excluding hydrogens is 321 g/mol. The van der Waals surface area contributed by atoms with Gasteiger partial charge < -0.3 is 10.2 Å². The topological polar surface area (TPSA) is 73.2 Å². The summed E-state index contributed by atoms with van der Waals surface area (Å²) >= 11 is 5.71. The van der Waals surface area contributed by atoms with Crippen molar-refractivity contribution in [2.24, 2.45) is 5.92 Å². The van der Waals surface area contributed by atoms with E-state index in [1.165, 1.54) is 12.1 Å². The lowest BCUT2D eigenvalue weighted by atomic mass is 9.92. The Morgan fingerprint density at radius 1 is 1.57 bits per heavy atom. The highest BCUT2D eigenvalue weighted by Gasteiger charge is 2.45. The summed E-state index contributed by atoms with van der Waals surface area (Å²) in [5.74, 6) is -1.82. The van der Waals surface area contributed by atoms with Crippen LogP contribution >= 0.6 is 11.6 Å². The van der Waals surface area contributed by atoms with E-state index in [9.17, 15) is 14.0 Å². The first kappa shape index (κ1) is 17.2. The molecule has 0 saturated carbocycles. The van der Waals surface area contributed by atoms with E-state index in [0.717, 1.165) is 0 Å². The van der Waals surface area contributed by atoms with Gasteiger partial charge >= 0.3 is 0 Å². The van der Waals surface area contributed by atoms with Gasteiger partial charge in [0.1, 0.15) is 12.4 Å². The van der Waals surface area contributed by atoms with E-state index in [0.29, 0.717) is 5.56 Å². The number of nitriles is 1. The van der Waals surface area contributed by atoms with Gasteiger partial charge in [0, 0.05) is 12.5 Å². The molecule has 122 valence electrons. The van der Waals surface area contributed by atoms with Crippen LogP contribution in [-0.2, 0) is 9.59 Å². The Balaban J connectivity index is 2.41. The minimum atomic E-state index is -0.668. The summed E-state index contributed by atoms with van der Waals surface area (Å²) in [6.07, 6.45) is 0.0321. The molecule has 2 atom stereocenters. The number of hydrogen-bond donors (Lipinski definition) is 1. The number of halogens is 2. The van der Waals surface area contributed by atoms with Gasteiger partial charge in [0.2, 0.25) is 11.8 Å². The summed E-state index contributed by atoms with van der Waals surface area (Å²) < 4.78 is 13.8. The van der Waals surface area contributed by atoms with Crippen LogP contribution in [0, 0.1) is 23.1 Å². The zero-order chi connectivity index (χ0) is 17.1. The van der Waals surface area contributed by atoms with Gasteiger partial charge in [-0.2, -0.15) is 5.26 Å². The highest BCUT2D eigenvalue weighted by molar-refractivity contribution is 6.30. The summed E-state index contributed by atoms with van der Waals surface area (Å²) in [4.78, 5) is 26.2. The molecule has 1 aliphatic rings. The van der Waals surface area contributed by atoms with Crippen molar-refractivity contribution in [3.05, 3.63) is 34.6 Å². The van der Waals surface area contributed by atoms with E-state index in [-0.39, 0.29) is 35.8 Å². The van der Waals surface area contributed by atoms with Gasteiger partial charge in [-0.1, -0.05) is 17.7 Å². The standard InChI is InChI=1S/C16H17ClFN3O2/c1-9(2)21-14(22)8-11(16(23)20-6-5-19)15(21)10-3-4-12(17)13(18)7-10/h3-4,7,9,11,15H,6,8H2,1-2H3,(H,20,23)/t11-,15+/m1/s1. The molecule has 1 aliphatic heterocycles. The van der Waals surface area contributed by atoms with E-state index < -0.39 is 17.8 Å². The van der Waals surface area contributed by atoms with Crippen LogP contribution in [0.2, 0.25) is 5.02 Å². The van der Waals surface area contributed by atoms with Crippen LogP contribution in [0.4, 0.5) is 4.39 Å². The molecule has 1 heterocycles. The first-order valence-corrected chi connectivity index (χ1v) is 7.65. The predicted molar refractivity (Wildman–Crippen MR) is 82.9 cm³/mol. The summed E-state index contributed by atoms with van der Waals surface area (Å²) in [5, 5.41) is 11.1. The highest BCUT2D eigenvalue weighted by Crippen LogP contribution is 2.40. The second-order valence-corrected chi connectivity index (χ2v) is 6.11. The fourth-order valence-corrected chi connectivity index (χ4v) is 3.06. The molecule has 23 heavy (non-hydrogen) atoms. The quantitative estimate of drug-likeness (QED) is 0.857. The number of likely N-dealkylation sites (tertiary alicyclic amines) is 1. The molecule has 2 amide bonds. The number of benzene rings is 1. The molecule has 0 aromatic heterocycles. The number of carbonyl (C=O) groups excluding carboxylic acids is 2. The van der Waals surface area contributed by atoms with Crippen LogP contribution in [0.25, 0.3) is 0 Å². The third kappa shape index (κ3) is 3.45. The van der Waals surface area contributed by atoms with Crippen LogP contribution < -0.4 is 5.32 Å². The molecule has 1 aromatic rings. The fraction of sp³-hybridized carbons (Fsp3) is 0.438. The Hall–Kier alpha value is -2.13. The van der Waals surface area contributed by atoms with Crippen LogP contribution in [0.5, 0.6) is 0 Å². The predicted octanol–water partition coefficient (Wildman–Crippen LogP) is 2.42. The maximum Gasteiger partial charge on any atom is 0.226 e. The number of nitrogens with zero attached hydrogens (tertiary/aromatic N) is 2. The van der Waals surface area contributed by atoms with Crippen LogP contribution in [0.15, 0.2) is 18.2 Å². The molecular formula is C16H17ClFN3O2. The molecule has 0 spiro atoms. The first-order valence-electron chi connectivity index (χ1n) is 7.27. The van der Waals surface area contributed by atoms with Gasteiger partial charge in [0.25, 0.3) is 0 Å². The van der Waals surface area contributed by atoms with Crippen LogP contribution in [0.3, 0.4) is 0 Å². The molecule has 0 bridgehead atoms. The molecule has 0 unspecified atom stereocenters. The zero-order valence-electron chi connectivity index (χ0n) is 12.8. The first-order chi connectivity index (χ1) is 10.9. The molecule has 2 rings (SSSR count). The van der Waals surface area contributed by atoms with Gasteiger partial charge in [-0.15, -0.1) is 0 Å². The molecule has 0 radical (unpaired) electrons. The van der Waals surface area contributed by atoms with Crippen LogP contribution in [-0.4, -0.2) is 29.3 Å². The SMILES string of the molecule is CC(C)N1C(=O)C[C@@H](C(=O)NCC#N)[C@@H]1c1ccc(Cl)c(F)c1. The fourth-order valence-electron chi connectivity index (χ4n) is 2.95. The van der Waals surface area contributed by atoms with Gasteiger partial charge in [-0.05, 0) is 31.5 Å². The van der Waals surface area contributed by atoms with Gasteiger partial charge in [-0.25, -0.2) is 4.39 Å². The minimum absolute atomic E-state index is 0.0142. The molecule has 1 saturated heterocycles. The number of amides is 2. The number of carbonyl (C=O) groups is 2. The number of hydrogen-bond acceptors (Lipinski definition) is 3. The van der Waals surface area contributed by atoms with Crippen molar-refractivity contribution in [3.8, 4) is 6.07 Å². The van der Waals surface area contributed by atoms with Crippen molar-refractivity contribution in [3.63, 3.8) is 0 Å². The minimum Gasteiger partial charge on any atom is -0.343 e. The Kier molecular flexibility index (Phi) is 5.22. The summed E-state index contributed by atoms with van der Waals surface area (Å²) in [7, 11) is 0. The largest absolute Gasteiger partial charge is 0.343 e. The highest BCUT2D eigenvalue weighted by atomic mass is 35.5. The van der Waals surface area contributed by atoms with E-state index in [2.05, 4.69) is 5.32 Å². The van der Waals surface area contributed by atoms with E-state index >= 15 is 0 Å². The molecule has 1 N–H and O–H groups in total. The Morgan fingerprint density at radius 2 is 2.26 bits per heavy atom. The lowest BCUT2D eigenvalue weighted by Gasteiger charge is -2.31. The van der Waals surface area contributed by atoms with Gasteiger partial charge in [0.05, 0.1) is 23.1 Å². The molecule has 1 fully saturated rings. The third-order valence-electron chi connectivity index (χ3n) is 3.88. The summed E-state index contributed by atoms with van der Waals surface area (Å²) in [6, 6.07) is 5.41. The van der Waals surface area contributed by atoms with Crippen LogP contribution in [0.1, 0.15) is 31.9 Å². The monoisotopic (exact) mass is 337 g/mol. The normalized spacial score (nSPS) is 20.7. The second kappa shape index (κ2) is 6.97. The maximum atomic E-state index is 13.8. The number of nitrogens with one attached hydrogen (secondary N) is 1. The van der Waals surface area contributed by atoms with Crippen molar-refractivity contribution < 1.29 is 14.0 Å². The third-order valence-corrected chi connectivity index (χ3v) is 4.19. The van der Waals surface area contributed by atoms with Crippen molar-refractivity contribution in [1.29, 1.82) is 5.26 Å². The smallest absolute Gasteiger partial charge is 0.226 e. The lowest BCUT2D eigenvalue weighted by molar-refractivity contribution is -0.130. The number of rotatable bonds is 4. The van der Waals surface area contributed by atoms with E-state index in [1.807, 2.05) is 19.9 Å². The van der Waals surface area contributed by atoms with Crippen molar-refractivity contribution in [1.82, 2.24) is 10.2 Å². The van der Waals surface area contributed by atoms with E-state index in [4.69, 9.17) is 16.9 Å². The van der Waals surface area contributed by atoms with Crippen molar-refractivity contribution >= 4 is 23.4 Å². The summed E-state index contributed by atoms with van der Waals surface area (Å²) in [5.41, 5.74) is 0.517. The van der Waals surface area contributed by atoms with Crippen molar-refractivity contribution in [2.75, 3.05) is 6.54 Å². The Bertz CT molecular complexity index is 672. The Labute approximate surface area is 139 Å². The molecule has 1 aromatic carbocycles. The second-order valence-electron chi connectivity index (χ2n) is 5.70. The summed E-state index contributed by atoms with van der Waals surface area (Å²) in [6.45, 7) is 3.55. The van der Waals surface area contributed by atoms with Gasteiger partial charge in [-0.3, -0.25) is 9.59 Å². The average molecular weight is 338 g/mol. The maximum absolute atomic E-state index is 13.8. The lowest BCUT2D eigenvalue weighted by Crippen LogP contribution is -2.38. The average Bonchev–Trinajstić information content (AvgIpc) is 2.85. The zero-order valence-corrected chi connectivity index (χ0v) is 13.6. The Morgan fingerprint density at radius 3 is 2.83 bits per heavy atom. The van der Waals surface area contributed by atoms with E-state index in [1.54, 1.807) is 11.0 Å².